The first-order valence-electron chi connectivity index (χ1n) is 5.53. The molecule has 1 aromatic rings. The van der Waals surface area contributed by atoms with Crippen LogP contribution in [0.15, 0.2) is 12.1 Å². The van der Waals surface area contributed by atoms with Gasteiger partial charge in [-0.2, -0.15) is 0 Å². The molecule has 7 heteroatoms. The lowest BCUT2D eigenvalue weighted by Gasteiger charge is -2.16. The minimum Gasteiger partial charge on any atom is -0.480 e. The van der Waals surface area contributed by atoms with Crippen LogP contribution in [0.3, 0.4) is 0 Å². The quantitative estimate of drug-likeness (QED) is 0.678. The Morgan fingerprint density at radius 3 is 2.44 bits per heavy atom. The summed E-state index contributed by atoms with van der Waals surface area (Å²) in [6.07, 6.45) is 0.467. The van der Waals surface area contributed by atoms with Crippen molar-refractivity contribution < 1.29 is 14.7 Å². The number of carbonyl (C=O) groups excluding carboxylic acids is 1. The van der Waals surface area contributed by atoms with E-state index in [0.717, 1.165) is 0 Å². The number of aliphatic carboxylic acids is 1. The van der Waals surface area contributed by atoms with Gasteiger partial charge in [0.05, 0.1) is 0 Å². The Kier molecular flexibility index (Phi) is 4.59. The third-order valence-electron chi connectivity index (χ3n) is 2.24. The monoisotopic (exact) mass is 252 g/mol. The molecule has 18 heavy (non-hydrogen) atoms. The van der Waals surface area contributed by atoms with Gasteiger partial charge in [0.2, 0.25) is 0 Å². The second-order valence-corrected chi connectivity index (χ2v) is 4.33. The molecule has 0 spiro atoms. The Morgan fingerprint density at radius 2 is 2.06 bits per heavy atom. The van der Waals surface area contributed by atoms with Crippen LogP contribution < -0.4 is 11.1 Å². The van der Waals surface area contributed by atoms with Crippen molar-refractivity contribution in [2.75, 3.05) is 5.32 Å². The van der Waals surface area contributed by atoms with E-state index < -0.39 is 17.9 Å². The Hall–Kier alpha value is -2.18. The van der Waals surface area contributed by atoms with Gasteiger partial charge < -0.3 is 16.2 Å². The lowest BCUT2D eigenvalue weighted by molar-refractivity contribution is -0.138. The number of carbonyl (C=O) groups is 2. The molecule has 0 aromatic carbocycles. The van der Waals surface area contributed by atoms with E-state index >= 15 is 0 Å². The number of carboxylic acid groups (broad SMARTS) is 1. The molecular weight excluding hydrogens is 236 g/mol. The molecule has 0 saturated heterocycles. The summed E-state index contributed by atoms with van der Waals surface area (Å²) in [6, 6.07) is 2.13. The molecule has 0 unspecified atom stereocenters. The Labute approximate surface area is 104 Å². The van der Waals surface area contributed by atoms with E-state index in [2.05, 4.69) is 15.5 Å². The minimum atomic E-state index is -0.954. The van der Waals surface area contributed by atoms with Crippen LogP contribution in [0.2, 0.25) is 0 Å². The molecule has 0 aliphatic rings. The predicted octanol–water partition coefficient (Wildman–Crippen LogP) is 0.487. The summed E-state index contributed by atoms with van der Waals surface area (Å²) >= 11 is 0. The predicted molar refractivity (Wildman–Crippen MR) is 65.1 cm³/mol. The smallest absolute Gasteiger partial charge is 0.326 e. The average molecular weight is 252 g/mol. The zero-order chi connectivity index (χ0) is 13.7. The lowest BCUT2D eigenvalue weighted by Crippen LogP contribution is -2.31. The second-order valence-electron chi connectivity index (χ2n) is 4.33. The summed E-state index contributed by atoms with van der Waals surface area (Å²) < 4.78 is 0. The van der Waals surface area contributed by atoms with Crippen molar-refractivity contribution in [3.8, 4) is 0 Å². The summed E-state index contributed by atoms with van der Waals surface area (Å²) in [5.74, 6) is -1.10. The zero-order valence-electron chi connectivity index (χ0n) is 10.3. The number of amides is 1. The highest BCUT2D eigenvalue weighted by molar-refractivity contribution is 5.90. The lowest BCUT2D eigenvalue weighted by atomic mass is 10.0. The number of nitrogens with zero attached hydrogens (tertiary/aromatic N) is 2. The third kappa shape index (κ3) is 4.00. The molecule has 98 valence electrons. The van der Waals surface area contributed by atoms with Gasteiger partial charge in [0.25, 0.3) is 5.91 Å². The van der Waals surface area contributed by atoms with E-state index in [4.69, 9.17) is 10.8 Å². The molecule has 1 aromatic heterocycles. The van der Waals surface area contributed by atoms with Crippen LogP contribution in [0, 0.1) is 5.92 Å². The molecule has 1 heterocycles. The van der Waals surface area contributed by atoms with Crippen LogP contribution in [0.5, 0.6) is 0 Å². The van der Waals surface area contributed by atoms with Gasteiger partial charge in [-0.05, 0) is 24.5 Å². The SMILES string of the molecule is CC(C)C[C@H](Nc1ccc(C(N)=O)nn1)C(=O)O. The number of rotatable bonds is 6. The number of nitrogens with one attached hydrogen (secondary N) is 1. The molecule has 1 amide bonds. The highest BCUT2D eigenvalue weighted by Crippen LogP contribution is 2.11. The summed E-state index contributed by atoms with van der Waals surface area (Å²) in [7, 11) is 0. The first-order chi connectivity index (χ1) is 8.40. The van der Waals surface area contributed by atoms with Gasteiger partial charge in [-0.15, -0.1) is 10.2 Å². The third-order valence-corrected chi connectivity index (χ3v) is 2.24. The van der Waals surface area contributed by atoms with Crippen LogP contribution in [-0.4, -0.2) is 33.2 Å². The highest BCUT2D eigenvalue weighted by Gasteiger charge is 2.19. The van der Waals surface area contributed by atoms with E-state index in [1.807, 2.05) is 13.8 Å². The van der Waals surface area contributed by atoms with Gasteiger partial charge in [-0.3, -0.25) is 4.79 Å². The Balaban J connectivity index is 2.75. The molecule has 0 fully saturated rings. The Bertz CT molecular complexity index is 430. The summed E-state index contributed by atoms with van der Waals surface area (Å²) in [5, 5.41) is 19.1. The van der Waals surface area contributed by atoms with Crippen molar-refractivity contribution >= 4 is 17.7 Å². The molecule has 1 atom stereocenters. The first kappa shape index (κ1) is 13.9. The van der Waals surface area contributed by atoms with Crippen LogP contribution in [-0.2, 0) is 4.79 Å². The van der Waals surface area contributed by atoms with Crippen molar-refractivity contribution in [1.29, 1.82) is 0 Å². The standard InChI is InChI=1S/C11H16N4O3/c1-6(2)5-8(11(17)18)13-9-4-3-7(10(12)16)14-15-9/h3-4,6,8H,5H2,1-2H3,(H2,12,16)(H,13,15)(H,17,18)/t8-/m0/s1. The molecule has 0 radical (unpaired) electrons. The maximum absolute atomic E-state index is 11.0. The van der Waals surface area contributed by atoms with Gasteiger partial charge in [-0.1, -0.05) is 13.8 Å². The minimum absolute atomic E-state index is 0.0382. The van der Waals surface area contributed by atoms with Crippen molar-refractivity contribution in [2.45, 2.75) is 26.3 Å². The number of aromatic nitrogens is 2. The van der Waals surface area contributed by atoms with Gasteiger partial charge in [-0.25, -0.2) is 4.79 Å². The van der Waals surface area contributed by atoms with Gasteiger partial charge in [0, 0.05) is 0 Å². The zero-order valence-corrected chi connectivity index (χ0v) is 10.3. The van der Waals surface area contributed by atoms with E-state index in [0.29, 0.717) is 12.2 Å². The summed E-state index contributed by atoms with van der Waals surface area (Å²) in [6.45, 7) is 3.86. The first-order valence-corrected chi connectivity index (χ1v) is 5.53. The topological polar surface area (TPSA) is 118 Å². The molecule has 0 aliphatic heterocycles. The second kappa shape index (κ2) is 5.95. The fraction of sp³-hybridized carbons (Fsp3) is 0.455. The number of nitrogens with two attached hydrogens (primary N) is 1. The number of primary amides is 1. The van der Waals surface area contributed by atoms with E-state index in [9.17, 15) is 9.59 Å². The normalized spacial score (nSPS) is 12.2. The average Bonchev–Trinajstić information content (AvgIpc) is 2.28. The van der Waals surface area contributed by atoms with Crippen molar-refractivity contribution in [1.82, 2.24) is 10.2 Å². The van der Waals surface area contributed by atoms with Crippen LogP contribution >= 0.6 is 0 Å². The van der Waals surface area contributed by atoms with E-state index in [1.165, 1.54) is 12.1 Å². The molecule has 4 N–H and O–H groups in total. The molecule has 0 saturated carbocycles. The maximum Gasteiger partial charge on any atom is 0.326 e. The van der Waals surface area contributed by atoms with Gasteiger partial charge in [0.1, 0.15) is 11.9 Å². The fourth-order valence-corrected chi connectivity index (χ4v) is 1.41. The summed E-state index contributed by atoms with van der Waals surface area (Å²) in [4.78, 5) is 21.8. The molecule has 7 nitrogen and oxygen atoms in total. The number of hydrogen-bond acceptors (Lipinski definition) is 5. The van der Waals surface area contributed by atoms with Crippen molar-refractivity contribution in [3.63, 3.8) is 0 Å². The van der Waals surface area contributed by atoms with Crippen molar-refractivity contribution in [2.24, 2.45) is 11.7 Å². The fourth-order valence-electron chi connectivity index (χ4n) is 1.41. The van der Waals surface area contributed by atoms with Gasteiger partial charge >= 0.3 is 5.97 Å². The van der Waals surface area contributed by atoms with Crippen LogP contribution in [0.4, 0.5) is 5.82 Å². The van der Waals surface area contributed by atoms with Crippen LogP contribution in [0.25, 0.3) is 0 Å². The van der Waals surface area contributed by atoms with E-state index in [1.54, 1.807) is 0 Å². The van der Waals surface area contributed by atoms with Crippen LogP contribution in [0.1, 0.15) is 30.8 Å². The van der Waals surface area contributed by atoms with Gasteiger partial charge in [0.15, 0.2) is 5.69 Å². The molecule has 0 aliphatic carbocycles. The number of anilines is 1. The Morgan fingerprint density at radius 1 is 1.39 bits per heavy atom. The number of hydrogen-bond donors (Lipinski definition) is 3. The summed E-state index contributed by atoms with van der Waals surface area (Å²) in [5.41, 5.74) is 5.06. The van der Waals surface area contributed by atoms with Crippen molar-refractivity contribution in [3.05, 3.63) is 17.8 Å². The largest absolute Gasteiger partial charge is 0.480 e. The molecule has 1 rings (SSSR count). The van der Waals surface area contributed by atoms with E-state index in [-0.39, 0.29) is 11.6 Å². The molecular formula is C11H16N4O3. The molecule has 0 bridgehead atoms. The number of carboxylic acids is 1. The maximum atomic E-state index is 11.0. The highest BCUT2D eigenvalue weighted by atomic mass is 16.4.